The molecule has 3 fully saturated rings. The molecule has 1 atom stereocenters. The van der Waals surface area contributed by atoms with E-state index in [1.54, 1.807) is 0 Å². The fourth-order valence-corrected chi connectivity index (χ4v) is 6.67. The minimum absolute atomic E-state index is 0.192. The van der Waals surface area contributed by atoms with Crippen LogP contribution in [0.4, 0.5) is 0 Å². The summed E-state index contributed by atoms with van der Waals surface area (Å²) in [6.07, 6.45) is 0.579. The molecule has 0 spiro atoms. The van der Waals surface area contributed by atoms with Gasteiger partial charge >= 0.3 is 0 Å². The van der Waals surface area contributed by atoms with E-state index in [9.17, 15) is 22.8 Å². The van der Waals surface area contributed by atoms with E-state index in [0.717, 1.165) is 11.1 Å². The highest BCUT2D eigenvalue weighted by Crippen LogP contribution is 2.29. The van der Waals surface area contributed by atoms with Gasteiger partial charge in [-0.05, 0) is 23.6 Å². The molecule has 1 aromatic rings. The van der Waals surface area contributed by atoms with E-state index in [4.69, 9.17) is 0 Å². The van der Waals surface area contributed by atoms with Gasteiger partial charge in [-0.25, -0.2) is 8.42 Å². The largest absolute Gasteiger partial charge is 0.322 e. The summed E-state index contributed by atoms with van der Waals surface area (Å²) in [5.41, 5.74) is 2.41. The van der Waals surface area contributed by atoms with Gasteiger partial charge in [-0.15, -0.1) is 0 Å². The molecule has 0 radical (unpaired) electrons. The molecule has 0 saturated carbocycles. The summed E-state index contributed by atoms with van der Waals surface area (Å²) in [4.78, 5) is 40.0. The zero-order valence-corrected chi connectivity index (χ0v) is 17.3. The van der Waals surface area contributed by atoms with Gasteiger partial charge in [0, 0.05) is 51.3 Å². The standard InChI is InChI=1S/C20H24N4O5S/c25-18-4-3-17(19(26)22-18)24-9-13-2-1-12(5-16(13)20(24)27)8-23-10-15(11-23)30(28,29)14-6-21-7-14/h1-2,5,14-15,17,21H,3-4,6-11H2,(H,22,25,26). The van der Waals surface area contributed by atoms with Crippen LogP contribution in [0.15, 0.2) is 18.2 Å². The lowest BCUT2D eigenvalue weighted by molar-refractivity contribution is -0.136. The number of hydrogen-bond donors (Lipinski definition) is 2. The lowest BCUT2D eigenvalue weighted by atomic mass is 10.0. The highest BCUT2D eigenvalue weighted by atomic mass is 32.2. The van der Waals surface area contributed by atoms with Crippen molar-refractivity contribution in [1.82, 2.24) is 20.4 Å². The first-order valence-corrected chi connectivity index (χ1v) is 11.9. The Hall–Kier alpha value is -2.30. The predicted octanol–water partition coefficient (Wildman–Crippen LogP) is -0.982. The first-order valence-electron chi connectivity index (χ1n) is 10.2. The Morgan fingerprint density at radius 3 is 2.50 bits per heavy atom. The topological polar surface area (TPSA) is 116 Å². The highest BCUT2D eigenvalue weighted by Gasteiger charge is 2.44. The molecule has 4 heterocycles. The SMILES string of the molecule is O=C1CCC(N2Cc3ccc(CN4CC(S(=O)(=O)C5CNC5)C4)cc3C2=O)C(=O)N1. The van der Waals surface area contributed by atoms with E-state index in [-0.39, 0.29) is 28.7 Å². The molecule has 10 heteroatoms. The number of nitrogens with zero attached hydrogens (tertiary/aromatic N) is 2. The predicted molar refractivity (Wildman–Crippen MR) is 107 cm³/mol. The summed E-state index contributed by atoms with van der Waals surface area (Å²) in [5, 5.41) is 4.77. The van der Waals surface area contributed by atoms with Gasteiger partial charge in [0.05, 0.1) is 10.5 Å². The zero-order valence-electron chi connectivity index (χ0n) is 16.5. The average molecular weight is 433 g/mol. The van der Waals surface area contributed by atoms with Crippen molar-refractivity contribution < 1.29 is 22.8 Å². The summed E-state index contributed by atoms with van der Waals surface area (Å²) in [6.45, 7) is 3.09. The van der Waals surface area contributed by atoms with E-state index < -0.39 is 21.8 Å². The van der Waals surface area contributed by atoms with Crippen LogP contribution < -0.4 is 10.6 Å². The lowest BCUT2D eigenvalue weighted by Gasteiger charge is -2.42. The van der Waals surface area contributed by atoms with Crippen molar-refractivity contribution in [3.05, 3.63) is 34.9 Å². The van der Waals surface area contributed by atoms with Crippen molar-refractivity contribution in [1.29, 1.82) is 0 Å². The Morgan fingerprint density at radius 2 is 1.83 bits per heavy atom. The van der Waals surface area contributed by atoms with E-state index in [1.807, 2.05) is 18.2 Å². The Kier molecular flexibility index (Phi) is 4.68. The number of piperidine rings is 1. The highest BCUT2D eigenvalue weighted by molar-refractivity contribution is 7.92. The first kappa shape index (κ1) is 19.7. The molecule has 4 aliphatic rings. The molecule has 0 aliphatic carbocycles. The van der Waals surface area contributed by atoms with Crippen molar-refractivity contribution in [2.45, 2.75) is 42.5 Å². The van der Waals surface area contributed by atoms with Crippen molar-refractivity contribution in [2.24, 2.45) is 0 Å². The van der Waals surface area contributed by atoms with Crippen molar-refractivity contribution in [3.63, 3.8) is 0 Å². The molecule has 3 saturated heterocycles. The molecule has 2 N–H and O–H groups in total. The fourth-order valence-electron chi connectivity index (χ4n) is 4.58. The van der Waals surface area contributed by atoms with Crippen LogP contribution in [-0.4, -0.2) is 78.7 Å². The molecular weight excluding hydrogens is 408 g/mol. The second-order valence-electron chi connectivity index (χ2n) is 8.58. The van der Waals surface area contributed by atoms with Gasteiger partial charge in [-0.2, -0.15) is 0 Å². The zero-order chi connectivity index (χ0) is 21.0. The maximum Gasteiger partial charge on any atom is 0.255 e. The lowest BCUT2D eigenvalue weighted by Crippen LogP contribution is -2.62. The number of amides is 3. The quantitative estimate of drug-likeness (QED) is 0.575. The van der Waals surface area contributed by atoms with Gasteiger partial charge in [0.2, 0.25) is 11.8 Å². The molecular formula is C20H24N4O5S. The first-order chi connectivity index (χ1) is 14.3. The number of nitrogens with one attached hydrogen (secondary N) is 2. The molecule has 1 unspecified atom stereocenters. The van der Waals surface area contributed by atoms with Crippen LogP contribution in [0.3, 0.4) is 0 Å². The van der Waals surface area contributed by atoms with Crippen LogP contribution in [0.25, 0.3) is 0 Å². The minimum atomic E-state index is -3.06. The van der Waals surface area contributed by atoms with E-state index in [2.05, 4.69) is 15.5 Å². The van der Waals surface area contributed by atoms with Gasteiger partial charge in [0.1, 0.15) is 6.04 Å². The van der Waals surface area contributed by atoms with Crippen LogP contribution >= 0.6 is 0 Å². The second-order valence-corrected chi connectivity index (χ2v) is 11.1. The molecule has 0 bridgehead atoms. The third-order valence-electron chi connectivity index (χ3n) is 6.60. The van der Waals surface area contributed by atoms with E-state index in [0.29, 0.717) is 51.3 Å². The van der Waals surface area contributed by atoms with Gasteiger partial charge in [-0.3, -0.25) is 24.6 Å². The molecule has 5 rings (SSSR count). The number of sulfone groups is 1. The smallest absolute Gasteiger partial charge is 0.255 e. The van der Waals surface area contributed by atoms with Crippen molar-refractivity contribution in [2.75, 3.05) is 26.2 Å². The van der Waals surface area contributed by atoms with E-state index >= 15 is 0 Å². The van der Waals surface area contributed by atoms with Crippen LogP contribution in [0.2, 0.25) is 0 Å². The van der Waals surface area contributed by atoms with Gasteiger partial charge in [-0.1, -0.05) is 12.1 Å². The third kappa shape index (κ3) is 3.23. The maximum absolute atomic E-state index is 12.9. The summed E-state index contributed by atoms with van der Waals surface area (Å²) >= 11 is 0. The number of rotatable bonds is 5. The summed E-state index contributed by atoms with van der Waals surface area (Å²) < 4.78 is 24.9. The van der Waals surface area contributed by atoms with Gasteiger partial charge < -0.3 is 10.2 Å². The molecule has 160 valence electrons. The van der Waals surface area contributed by atoms with Crippen LogP contribution in [0, 0.1) is 0 Å². The normalized spacial score (nSPS) is 25.7. The molecule has 9 nitrogen and oxygen atoms in total. The third-order valence-corrected chi connectivity index (χ3v) is 9.09. The number of hydrogen-bond acceptors (Lipinski definition) is 7. The Morgan fingerprint density at radius 1 is 1.07 bits per heavy atom. The molecule has 3 amide bonds. The Labute approximate surface area is 174 Å². The van der Waals surface area contributed by atoms with E-state index in [1.165, 1.54) is 4.90 Å². The number of fused-ring (bicyclic) bond motifs is 1. The summed E-state index contributed by atoms with van der Waals surface area (Å²) in [6, 6.07) is 5.09. The Bertz CT molecular complexity index is 1030. The van der Waals surface area contributed by atoms with Gasteiger partial charge in [0.15, 0.2) is 9.84 Å². The van der Waals surface area contributed by atoms with Crippen LogP contribution in [-0.2, 0) is 32.5 Å². The fraction of sp³-hybridized carbons (Fsp3) is 0.550. The maximum atomic E-state index is 12.9. The van der Waals surface area contributed by atoms with Crippen LogP contribution in [0.5, 0.6) is 0 Å². The number of imide groups is 1. The Balaban J connectivity index is 1.23. The summed E-state index contributed by atoms with van der Waals surface area (Å²) in [7, 11) is -3.06. The minimum Gasteiger partial charge on any atom is -0.322 e. The number of carbonyl (C=O) groups is 3. The van der Waals surface area contributed by atoms with Crippen LogP contribution in [0.1, 0.15) is 34.3 Å². The number of carbonyl (C=O) groups excluding carboxylic acids is 3. The van der Waals surface area contributed by atoms with Crippen molar-refractivity contribution in [3.8, 4) is 0 Å². The second kappa shape index (κ2) is 7.14. The molecule has 4 aliphatic heterocycles. The van der Waals surface area contributed by atoms with Gasteiger partial charge in [0.25, 0.3) is 5.91 Å². The number of likely N-dealkylation sites (tertiary alicyclic amines) is 1. The average Bonchev–Trinajstić information content (AvgIpc) is 2.92. The summed E-state index contributed by atoms with van der Waals surface area (Å²) in [5.74, 6) is -0.906. The molecule has 30 heavy (non-hydrogen) atoms. The molecule has 1 aromatic carbocycles. The number of benzene rings is 1. The van der Waals surface area contributed by atoms with Crippen molar-refractivity contribution >= 4 is 27.6 Å². The monoisotopic (exact) mass is 432 g/mol. The molecule has 0 aromatic heterocycles.